The van der Waals surface area contributed by atoms with Gasteiger partial charge in [0.1, 0.15) is 10.9 Å². The molecular formula is C9H12N4OS. The Kier molecular flexibility index (Phi) is 3.74. The Balaban J connectivity index is 2.83. The number of hydrogen-bond acceptors (Lipinski definition) is 5. The van der Waals surface area contributed by atoms with Crippen LogP contribution in [0, 0.1) is 11.3 Å². The predicted octanol–water partition coefficient (Wildman–Crippen LogP) is 1.30. The van der Waals surface area contributed by atoms with Crippen LogP contribution in [0.2, 0.25) is 0 Å². The lowest BCUT2D eigenvalue weighted by atomic mass is 10.1. The van der Waals surface area contributed by atoms with E-state index in [1.807, 2.05) is 19.9 Å². The van der Waals surface area contributed by atoms with Gasteiger partial charge in [-0.15, -0.1) is 5.10 Å². The van der Waals surface area contributed by atoms with Crippen LogP contribution in [-0.4, -0.2) is 21.5 Å². The minimum absolute atomic E-state index is 0.155. The molecule has 0 aliphatic carbocycles. The summed E-state index contributed by atoms with van der Waals surface area (Å²) in [6.45, 7) is 5.52. The molecule has 1 aromatic heterocycles. The number of aromatic nitrogens is 2. The highest BCUT2D eigenvalue weighted by Gasteiger charge is 2.19. The third-order valence-electron chi connectivity index (χ3n) is 1.81. The molecule has 1 amide bonds. The SMILES string of the molecule is CC(C#N)NC(=O)c1snnc1C(C)C. The van der Waals surface area contributed by atoms with Gasteiger partial charge in [0.25, 0.3) is 5.91 Å². The van der Waals surface area contributed by atoms with Crippen LogP contribution in [-0.2, 0) is 0 Å². The number of hydrogen-bond donors (Lipinski definition) is 1. The fourth-order valence-electron chi connectivity index (χ4n) is 1.03. The van der Waals surface area contributed by atoms with Crippen LogP contribution in [0.1, 0.15) is 42.1 Å². The highest BCUT2D eigenvalue weighted by molar-refractivity contribution is 7.08. The fourth-order valence-corrected chi connectivity index (χ4v) is 1.75. The first kappa shape index (κ1) is 11.6. The van der Waals surface area contributed by atoms with E-state index in [2.05, 4.69) is 14.9 Å². The molecule has 6 heteroatoms. The van der Waals surface area contributed by atoms with E-state index in [0.29, 0.717) is 10.6 Å². The van der Waals surface area contributed by atoms with Crippen LogP contribution >= 0.6 is 11.5 Å². The summed E-state index contributed by atoms with van der Waals surface area (Å²) in [6.07, 6.45) is 0. The highest BCUT2D eigenvalue weighted by Crippen LogP contribution is 2.19. The molecule has 0 radical (unpaired) electrons. The van der Waals surface area contributed by atoms with Gasteiger partial charge in [-0.1, -0.05) is 18.3 Å². The standard InChI is InChI=1S/C9H12N4OS/c1-5(2)7-8(15-13-12-7)9(14)11-6(3)4-10/h5-6H,1-3H3,(H,11,14). The predicted molar refractivity (Wildman–Crippen MR) is 56.5 cm³/mol. The van der Waals surface area contributed by atoms with Gasteiger partial charge in [0, 0.05) is 0 Å². The van der Waals surface area contributed by atoms with Gasteiger partial charge in [-0.2, -0.15) is 5.26 Å². The van der Waals surface area contributed by atoms with Crippen molar-refractivity contribution in [3.8, 4) is 6.07 Å². The van der Waals surface area contributed by atoms with Gasteiger partial charge in [-0.3, -0.25) is 4.79 Å². The van der Waals surface area contributed by atoms with Crippen molar-refractivity contribution >= 4 is 17.4 Å². The molecule has 0 bridgehead atoms. The molecule has 1 aromatic rings. The molecule has 0 aromatic carbocycles. The third kappa shape index (κ3) is 2.73. The first-order chi connectivity index (χ1) is 7.06. The van der Waals surface area contributed by atoms with Crippen LogP contribution in [0.5, 0.6) is 0 Å². The van der Waals surface area contributed by atoms with E-state index in [9.17, 15) is 4.79 Å². The summed E-state index contributed by atoms with van der Waals surface area (Å²) in [4.78, 5) is 12.2. The molecule has 1 atom stereocenters. The van der Waals surface area contributed by atoms with Crippen LogP contribution in [0.4, 0.5) is 0 Å². The molecule has 0 saturated heterocycles. The largest absolute Gasteiger partial charge is 0.336 e. The number of nitrogens with one attached hydrogen (secondary N) is 1. The molecule has 0 fully saturated rings. The minimum atomic E-state index is -0.500. The molecule has 1 N–H and O–H groups in total. The van der Waals surface area contributed by atoms with Crippen molar-refractivity contribution in [2.75, 3.05) is 0 Å². The summed E-state index contributed by atoms with van der Waals surface area (Å²) in [5.74, 6) is -0.121. The second-order valence-electron chi connectivity index (χ2n) is 3.47. The van der Waals surface area contributed by atoms with Gasteiger partial charge in [-0.25, -0.2) is 0 Å². The second-order valence-corrected chi connectivity index (χ2v) is 4.22. The van der Waals surface area contributed by atoms with E-state index < -0.39 is 6.04 Å². The van der Waals surface area contributed by atoms with Crippen molar-refractivity contribution in [2.24, 2.45) is 0 Å². The molecular weight excluding hydrogens is 212 g/mol. The van der Waals surface area contributed by atoms with Crippen molar-refractivity contribution < 1.29 is 4.79 Å². The molecule has 1 heterocycles. The number of nitrogens with zero attached hydrogens (tertiary/aromatic N) is 3. The normalized spacial score (nSPS) is 12.2. The smallest absolute Gasteiger partial charge is 0.265 e. The monoisotopic (exact) mass is 224 g/mol. The van der Waals surface area contributed by atoms with Crippen molar-refractivity contribution in [3.05, 3.63) is 10.6 Å². The average Bonchev–Trinajstić information content (AvgIpc) is 2.65. The first-order valence-electron chi connectivity index (χ1n) is 4.59. The molecule has 80 valence electrons. The zero-order chi connectivity index (χ0) is 11.4. The van der Waals surface area contributed by atoms with E-state index >= 15 is 0 Å². The Hall–Kier alpha value is -1.48. The maximum atomic E-state index is 11.7. The zero-order valence-corrected chi connectivity index (χ0v) is 9.63. The maximum absolute atomic E-state index is 11.7. The van der Waals surface area contributed by atoms with Crippen molar-refractivity contribution in [3.63, 3.8) is 0 Å². The summed E-state index contributed by atoms with van der Waals surface area (Å²) in [6, 6.07) is 1.44. The molecule has 0 spiro atoms. The highest BCUT2D eigenvalue weighted by atomic mass is 32.1. The summed E-state index contributed by atoms with van der Waals surface area (Å²) in [5.41, 5.74) is 0.683. The number of carbonyl (C=O) groups excluding carboxylic acids is 1. The van der Waals surface area contributed by atoms with Gasteiger partial charge in [0.15, 0.2) is 0 Å². The molecule has 1 rings (SSSR count). The van der Waals surface area contributed by atoms with Crippen LogP contribution in [0.3, 0.4) is 0 Å². The first-order valence-corrected chi connectivity index (χ1v) is 5.36. The Labute approximate surface area is 92.3 Å². The molecule has 0 aliphatic heterocycles. The van der Waals surface area contributed by atoms with E-state index in [-0.39, 0.29) is 11.8 Å². The van der Waals surface area contributed by atoms with Crippen molar-refractivity contribution in [1.29, 1.82) is 5.26 Å². The van der Waals surface area contributed by atoms with Gasteiger partial charge in [-0.05, 0) is 24.4 Å². The number of carbonyl (C=O) groups is 1. The number of rotatable bonds is 3. The third-order valence-corrected chi connectivity index (χ3v) is 2.55. The Bertz CT molecular complexity index is 393. The van der Waals surface area contributed by atoms with Gasteiger partial charge >= 0.3 is 0 Å². The van der Waals surface area contributed by atoms with E-state index in [1.54, 1.807) is 6.92 Å². The lowest BCUT2D eigenvalue weighted by molar-refractivity contribution is 0.0950. The van der Waals surface area contributed by atoms with Crippen LogP contribution < -0.4 is 5.32 Å². The summed E-state index contributed by atoms with van der Waals surface area (Å²) >= 11 is 1.06. The summed E-state index contributed by atoms with van der Waals surface area (Å²) in [7, 11) is 0. The number of nitriles is 1. The van der Waals surface area contributed by atoms with E-state index in [4.69, 9.17) is 5.26 Å². The molecule has 1 unspecified atom stereocenters. The minimum Gasteiger partial charge on any atom is -0.336 e. The Morgan fingerprint density at radius 2 is 2.20 bits per heavy atom. The van der Waals surface area contributed by atoms with Gasteiger partial charge < -0.3 is 5.32 Å². The van der Waals surface area contributed by atoms with Crippen molar-refractivity contribution in [1.82, 2.24) is 14.9 Å². The van der Waals surface area contributed by atoms with Crippen LogP contribution in [0.15, 0.2) is 0 Å². The molecule has 0 saturated carbocycles. The fraction of sp³-hybridized carbons (Fsp3) is 0.556. The van der Waals surface area contributed by atoms with Crippen molar-refractivity contribution in [2.45, 2.75) is 32.7 Å². The van der Waals surface area contributed by atoms with E-state index in [1.165, 1.54) is 0 Å². The lowest BCUT2D eigenvalue weighted by Gasteiger charge is -2.06. The Morgan fingerprint density at radius 3 is 2.73 bits per heavy atom. The van der Waals surface area contributed by atoms with Gasteiger partial charge in [0.2, 0.25) is 0 Å². The molecule has 5 nitrogen and oxygen atoms in total. The topological polar surface area (TPSA) is 78.7 Å². The average molecular weight is 224 g/mol. The molecule has 0 aliphatic rings. The summed E-state index contributed by atoms with van der Waals surface area (Å²) < 4.78 is 3.75. The zero-order valence-electron chi connectivity index (χ0n) is 8.81. The Morgan fingerprint density at radius 1 is 1.53 bits per heavy atom. The van der Waals surface area contributed by atoms with Crippen LogP contribution in [0.25, 0.3) is 0 Å². The summed E-state index contributed by atoms with van der Waals surface area (Å²) in [5, 5.41) is 15.0. The lowest BCUT2D eigenvalue weighted by Crippen LogP contribution is -2.31. The number of amides is 1. The second kappa shape index (κ2) is 4.84. The quantitative estimate of drug-likeness (QED) is 0.839. The van der Waals surface area contributed by atoms with E-state index in [0.717, 1.165) is 11.5 Å². The van der Waals surface area contributed by atoms with Gasteiger partial charge in [0.05, 0.1) is 11.8 Å². The maximum Gasteiger partial charge on any atom is 0.265 e. The molecule has 15 heavy (non-hydrogen) atoms.